The Hall–Kier alpha value is -0.970. The fraction of sp³-hybridized carbons (Fsp3) is 0.600. The van der Waals surface area contributed by atoms with Crippen molar-refractivity contribution in [2.24, 2.45) is 0 Å². The van der Waals surface area contributed by atoms with Crippen LogP contribution in [0.3, 0.4) is 0 Å². The van der Waals surface area contributed by atoms with Gasteiger partial charge in [0, 0.05) is 23.7 Å². The summed E-state index contributed by atoms with van der Waals surface area (Å²) in [5, 5.41) is 13.1. The summed E-state index contributed by atoms with van der Waals surface area (Å²) in [5.74, 6) is 1.31. The normalized spacial score (nSPS) is 12.6. The van der Waals surface area contributed by atoms with Gasteiger partial charge in [0.05, 0.1) is 19.8 Å². The second-order valence-electron chi connectivity index (χ2n) is 4.93. The van der Waals surface area contributed by atoms with Crippen molar-refractivity contribution in [2.75, 3.05) is 13.7 Å². The highest BCUT2D eigenvalue weighted by Crippen LogP contribution is 2.34. The molecule has 2 N–H and O–H groups in total. The van der Waals surface area contributed by atoms with Crippen molar-refractivity contribution in [2.45, 2.75) is 45.9 Å². The summed E-state index contributed by atoms with van der Waals surface area (Å²) in [6.07, 6.45) is 0.919. The number of hydrogen-bond donors (Lipinski definition) is 2. The Balaban J connectivity index is 2.87. The van der Waals surface area contributed by atoms with Gasteiger partial charge < -0.3 is 19.9 Å². The minimum absolute atomic E-state index is 0.0582. The molecule has 0 aromatic heterocycles. The molecule has 0 amide bonds. The topological polar surface area (TPSA) is 50.7 Å². The van der Waals surface area contributed by atoms with Gasteiger partial charge in [0.15, 0.2) is 11.5 Å². The molecule has 0 aliphatic carbocycles. The fourth-order valence-corrected chi connectivity index (χ4v) is 2.03. The van der Waals surface area contributed by atoms with Gasteiger partial charge in [-0.15, -0.1) is 0 Å². The molecule has 1 atom stereocenters. The number of aliphatic hydroxyl groups excluding tert-OH is 1. The van der Waals surface area contributed by atoms with Crippen molar-refractivity contribution in [1.29, 1.82) is 0 Å². The van der Waals surface area contributed by atoms with E-state index >= 15 is 0 Å². The lowest BCUT2D eigenvalue weighted by Crippen LogP contribution is -2.31. The number of rotatable bonds is 8. The summed E-state index contributed by atoms with van der Waals surface area (Å²) in [7, 11) is 1.61. The molecule has 4 nitrogen and oxygen atoms in total. The molecule has 0 saturated carbocycles. The van der Waals surface area contributed by atoms with Crippen molar-refractivity contribution in [3.05, 3.63) is 22.7 Å². The van der Waals surface area contributed by atoms with Crippen LogP contribution in [0.2, 0.25) is 5.02 Å². The third kappa shape index (κ3) is 4.85. The summed E-state index contributed by atoms with van der Waals surface area (Å²) in [4.78, 5) is 0. The number of methoxy groups -OCH3 is 1. The summed E-state index contributed by atoms with van der Waals surface area (Å²) in [5.41, 5.74) is 0.923. The second-order valence-corrected chi connectivity index (χ2v) is 5.34. The van der Waals surface area contributed by atoms with E-state index in [-0.39, 0.29) is 18.8 Å². The van der Waals surface area contributed by atoms with Gasteiger partial charge in [-0.05, 0) is 31.9 Å². The van der Waals surface area contributed by atoms with Gasteiger partial charge in [-0.2, -0.15) is 0 Å². The van der Waals surface area contributed by atoms with E-state index in [1.165, 1.54) is 0 Å². The van der Waals surface area contributed by atoms with E-state index in [1.807, 2.05) is 26.8 Å². The van der Waals surface area contributed by atoms with E-state index < -0.39 is 0 Å². The third-order valence-corrected chi connectivity index (χ3v) is 3.34. The molecular weight excluding hydrogens is 278 g/mol. The van der Waals surface area contributed by atoms with Crippen LogP contribution in [-0.4, -0.2) is 31.0 Å². The van der Waals surface area contributed by atoms with E-state index in [2.05, 4.69) is 5.32 Å². The first kappa shape index (κ1) is 17.1. The monoisotopic (exact) mass is 301 g/mol. The van der Waals surface area contributed by atoms with Gasteiger partial charge in [-0.3, -0.25) is 0 Å². The molecule has 114 valence electrons. The molecule has 0 heterocycles. The van der Waals surface area contributed by atoms with Gasteiger partial charge in [0.2, 0.25) is 0 Å². The molecule has 1 aromatic carbocycles. The summed E-state index contributed by atoms with van der Waals surface area (Å²) in [6.45, 7) is 6.62. The highest BCUT2D eigenvalue weighted by Gasteiger charge is 2.13. The molecule has 0 aliphatic heterocycles. The third-order valence-electron chi connectivity index (χ3n) is 2.99. The van der Waals surface area contributed by atoms with Crippen LogP contribution in [0.1, 0.15) is 32.8 Å². The predicted octanol–water partition coefficient (Wildman–Crippen LogP) is 3.00. The van der Waals surface area contributed by atoms with E-state index in [9.17, 15) is 5.11 Å². The predicted molar refractivity (Wildman–Crippen MR) is 81.8 cm³/mol. The SMILES string of the molecule is CCC(CO)NCc1cc(OC)c(OC(C)C)cc1Cl. The molecule has 1 aromatic rings. The molecule has 0 fully saturated rings. The summed E-state index contributed by atoms with van der Waals surface area (Å²) >= 11 is 6.27. The van der Waals surface area contributed by atoms with Crippen LogP contribution in [0.5, 0.6) is 11.5 Å². The zero-order valence-electron chi connectivity index (χ0n) is 12.6. The van der Waals surface area contributed by atoms with Crippen LogP contribution < -0.4 is 14.8 Å². The Morgan fingerprint density at radius 3 is 2.50 bits per heavy atom. The maximum absolute atomic E-state index is 9.18. The average molecular weight is 302 g/mol. The number of benzene rings is 1. The Morgan fingerprint density at radius 2 is 2.00 bits per heavy atom. The van der Waals surface area contributed by atoms with Crippen molar-refractivity contribution in [3.63, 3.8) is 0 Å². The molecule has 0 bridgehead atoms. The molecule has 0 spiro atoms. The quantitative estimate of drug-likeness (QED) is 0.775. The van der Waals surface area contributed by atoms with Crippen LogP contribution in [0, 0.1) is 0 Å². The van der Waals surface area contributed by atoms with Crippen molar-refractivity contribution < 1.29 is 14.6 Å². The zero-order valence-corrected chi connectivity index (χ0v) is 13.3. The Morgan fingerprint density at radius 1 is 1.30 bits per heavy atom. The summed E-state index contributed by atoms with van der Waals surface area (Å²) < 4.78 is 11.0. The van der Waals surface area contributed by atoms with Gasteiger partial charge in [0.25, 0.3) is 0 Å². The molecule has 0 aliphatic rings. The van der Waals surface area contributed by atoms with Crippen LogP contribution in [-0.2, 0) is 6.54 Å². The fourth-order valence-electron chi connectivity index (χ4n) is 1.81. The summed E-state index contributed by atoms with van der Waals surface area (Å²) in [6, 6.07) is 3.72. The van der Waals surface area contributed by atoms with Crippen LogP contribution in [0.15, 0.2) is 12.1 Å². The molecule has 1 unspecified atom stereocenters. The van der Waals surface area contributed by atoms with Gasteiger partial charge in [0.1, 0.15) is 0 Å². The number of hydrogen-bond acceptors (Lipinski definition) is 4. The lowest BCUT2D eigenvalue weighted by atomic mass is 10.1. The number of halogens is 1. The number of ether oxygens (including phenoxy) is 2. The Bertz CT molecular complexity index is 420. The molecule has 1 rings (SSSR count). The standard InChI is InChI=1S/C15H24ClNO3/c1-5-12(9-18)17-8-11-6-14(19-4)15(7-13(11)16)20-10(2)3/h6-7,10,12,17-18H,5,8-9H2,1-4H3. The highest BCUT2D eigenvalue weighted by atomic mass is 35.5. The first-order valence-electron chi connectivity index (χ1n) is 6.89. The largest absolute Gasteiger partial charge is 0.493 e. The van der Waals surface area contributed by atoms with Crippen molar-refractivity contribution in [3.8, 4) is 11.5 Å². The lowest BCUT2D eigenvalue weighted by molar-refractivity contribution is 0.229. The van der Waals surface area contributed by atoms with Crippen LogP contribution in [0.4, 0.5) is 0 Å². The average Bonchev–Trinajstić information content (AvgIpc) is 2.41. The number of nitrogens with one attached hydrogen (secondary N) is 1. The molecule has 20 heavy (non-hydrogen) atoms. The number of aliphatic hydroxyl groups is 1. The van der Waals surface area contributed by atoms with E-state index in [0.29, 0.717) is 23.1 Å². The smallest absolute Gasteiger partial charge is 0.163 e. The molecule has 0 radical (unpaired) electrons. The first-order valence-corrected chi connectivity index (χ1v) is 7.26. The highest BCUT2D eigenvalue weighted by molar-refractivity contribution is 6.31. The van der Waals surface area contributed by atoms with Gasteiger partial charge >= 0.3 is 0 Å². The lowest BCUT2D eigenvalue weighted by Gasteiger charge is -2.18. The van der Waals surface area contributed by atoms with Gasteiger partial charge in [-0.25, -0.2) is 0 Å². The van der Waals surface area contributed by atoms with Gasteiger partial charge in [-0.1, -0.05) is 18.5 Å². The minimum atomic E-state index is 0.0582. The minimum Gasteiger partial charge on any atom is -0.493 e. The molecule has 5 heteroatoms. The maximum atomic E-state index is 9.18. The zero-order chi connectivity index (χ0) is 15.1. The van der Waals surface area contributed by atoms with E-state index in [0.717, 1.165) is 12.0 Å². The Kier molecular flexibility index (Phi) is 7.13. The van der Waals surface area contributed by atoms with Crippen LogP contribution in [0.25, 0.3) is 0 Å². The van der Waals surface area contributed by atoms with Crippen molar-refractivity contribution >= 4 is 11.6 Å². The molecular formula is C15H24ClNO3. The first-order chi connectivity index (χ1) is 9.51. The van der Waals surface area contributed by atoms with Crippen LogP contribution >= 0.6 is 11.6 Å². The van der Waals surface area contributed by atoms with Crippen molar-refractivity contribution in [1.82, 2.24) is 5.32 Å². The molecule has 0 saturated heterocycles. The maximum Gasteiger partial charge on any atom is 0.163 e. The van der Waals surface area contributed by atoms with E-state index in [4.69, 9.17) is 21.1 Å². The van der Waals surface area contributed by atoms with E-state index in [1.54, 1.807) is 13.2 Å². The Labute approximate surface area is 126 Å². The second kappa shape index (κ2) is 8.35.